The van der Waals surface area contributed by atoms with Gasteiger partial charge in [-0.25, -0.2) is 4.98 Å². The molecule has 2 aromatic rings. The highest BCUT2D eigenvalue weighted by Crippen LogP contribution is 2.19. The Hall–Kier alpha value is -1.61. The number of unbranched alkanes of at least 4 members (excludes halogenated alkanes) is 1. The molecule has 0 aliphatic carbocycles. The van der Waals surface area contributed by atoms with Crippen molar-refractivity contribution in [2.75, 3.05) is 6.54 Å². The van der Waals surface area contributed by atoms with Gasteiger partial charge in [0.1, 0.15) is 5.52 Å². The van der Waals surface area contributed by atoms with Gasteiger partial charge in [-0.1, -0.05) is 31.6 Å². The minimum Gasteiger partial charge on any atom is -0.441 e. The molecular formula is C15H20N2O. The molecule has 96 valence electrons. The quantitative estimate of drug-likeness (QED) is 0.794. The van der Waals surface area contributed by atoms with Crippen LogP contribution in [0.4, 0.5) is 0 Å². The van der Waals surface area contributed by atoms with E-state index in [1.807, 2.05) is 12.1 Å². The number of hydrogen-bond donors (Lipinski definition) is 1. The third kappa shape index (κ3) is 2.99. The molecule has 2 rings (SSSR count). The van der Waals surface area contributed by atoms with Crippen LogP contribution in [-0.4, -0.2) is 11.5 Å². The second kappa shape index (κ2) is 5.83. The number of benzene rings is 1. The van der Waals surface area contributed by atoms with Crippen LogP contribution in [0.1, 0.15) is 31.2 Å². The van der Waals surface area contributed by atoms with E-state index < -0.39 is 0 Å². The number of nitrogens with zero attached hydrogens (tertiary/aromatic N) is 1. The molecule has 1 aromatic heterocycles. The molecule has 0 fully saturated rings. The van der Waals surface area contributed by atoms with E-state index in [2.05, 4.69) is 24.6 Å². The Bertz CT molecular complexity index is 542. The summed E-state index contributed by atoms with van der Waals surface area (Å²) in [6.45, 7) is 6.61. The van der Waals surface area contributed by atoms with Crippen molar-refractivity contribution < 1.29 is 4.42 Å². The maximum atomic E-state index is 5.75. The molecule has 0 saturated carbocycles. The first-order valence-corrected chi connectivity index (χ1v) is 6.48. The van der Waals surface area contributed by atoms with Crippen LogP contribution in [0.3, 0.4) is 0 Å². The highest BCUT2D eigenvalue weighted by molar-refractivity contribution is 5.73. The number of hydrogen-bond acceptors (Lipinski definition) is 3. The van der Waals surface area contributed by atoms with Crippen molar-refractivity contribution in [2.24, 2.45) is 5.73 Å². The van der Waals surface area contributed by atoms with Gasteiger partial charge in [-0.2, -0.15) is 0 Å². The van der Waals surface area contributed by atoms with Gasteiger partial charge < -0.3 is 10.2 Å². The first-order valence-electron chi connectivity index (χ1n) is 6.48. The predicted octanol–water partition coefficient (Wildman–Crippen LogP) is 3.23. The number of rotatable bonds is 6. The van der Waals surface area contributed by atoms with Crippen molar-refractivity contribution in [2.45, 2.75) is 32.6 Å². The van der Waals surface area contributed by atoms with Crippen molar-refractivity contribution in [1.82, 2.24) is 4.98 Å². The Kier molecular flexibility index (Phi) is 4.15. The van der Waals surface area contributed by atoms with Crippen LogP contribution in [0.5, 0.6) is 0 Å². The first-order chi connectivity index (χ1) is 8.72. The van der Waals surface area contributed by atoms with Gasteiger partial charge in [0, 0.05) is 13.0 Å². The molecule has 1 aromatic carbocycles. The zero-order valence-electron chi connectivity index (χ0n) is 10.9. The molecule has 0 radical (unpaired) electrons. The summed E-state index contributed by atoms with van der Waals surface area (Å²) < 4.78 is 5.75. The molecule has 0 spiro atoms. The summed E-state index contributed by atoms with van der Waals surface area (Å²) in [5.74, 6) is 0.835. The number of aromatic nitrogens is 1. The second-order valence-electron chi connectivity index (χ2n) is 4.64. The van der Waals surface area contributed by atoms with Crippen molar-refractivity contribution in [3.8, 4) is 0 Å². The molecular weight excluding hydrogens is 224 g/mol. The second-order valence-corrected chi connectivity index (χ2v) is 4.64. The highest BCUT2D eigenvalue weighted by Gasteiger charge is 2.06. The average molecular weight is 244 g/mol. The van der Waals surface area contributed by atoms with Crippen molar-refractivity contribution >= 4 is 11.1 Å². The molecule has 0 unspecified atom stereocenters. The molecule has 3 heteroatoms. The number of nitrogens with two attached hydrogens (primary N) is 1. The van der Waals surface area contributed by atoms with Gasteiger partial charge in [0.05, 0.1) is 0 Å². The topological polar surface area (TPSA) is 52.0 Å². The normalized spacial score (nSPS) is 11.0. The van der Waals surface area contributed by atoms with Gasteiger partial charge in [-0.15, -0.1) is 0 Å². The standard InChI is InChI=1S/C15H20N2O/c1-3-4-5-15-17-13-7-6-12(8-11(2)10-16)9-14(13)18-15/h6-7,9H,2-5,8,10,16H2,1H3. The Morgan fingerprint density at radius 2 is 2.28 bits per heavy atom. The molecule has 1 heterocycles. The van der Waals surface area contributed by atoms with Crippen LogP contribution in [0.25, 0.3) is 11.1 Å². The number of fused-ring (bicyclic) bond motifs is 1. The molecule has 0 amide bonds. The van der Waals surface area contributed by atoms with Gasteiger partial charge >= 0.3 is 0 Å². The summed E-state index contributed by atoms with van der Waals surface area (Å²) in [6, 6.07) is 6.11. The van der Waals surface area contributed by atoms with E-state index in [0.717, 1.165) is 48.2 Å². The molecule has 18 heavy (non-hydrogen) atoms. The lowest BCUT2D eigenvalue weighted by Crippen LogP contribution is -2.04. The molecule has 2 N–H and O–H groups in total. The summed E-state index contributed by atoms with van der Waals surface area (Å²) >= 11 is 0. The Morgan fingerprint density at radius 1 is 1.44 bits per heavy atom. The van der Waals surface area contributed by atoms with E-state index in [1.54, 1.807) is 0 Å². The fourth-order valence-corrected chi connectivity index (χ4v) is 1.92. The molecule has 0 aliphatic heterocycles. The van der Waals surface area contributed by atoms with E-state index >= 15 is 0 Å². The Labute approximate surface area is 108 Å². The molecule has 3 nitrogen and oxygen atoms in total. The average Bonchev–Trinajstić information content (AvgIpc) is 2.78. The lowest BCUT2D eigenvalue weighted by atomic mass is 10.1. The largest absolute Gasteiger partial charge is 0.441 e. The molecule has 0 bridgehead atoms. The summed E-state index contributed by atoms with van der Waals surface area (Å²) in [7, 11) is 0. The van der Waals surface area contributed by atoms with Crippen LogP contribution in [0.15, 0.2) is 34.8 Å². The summed E-state index contributed by atoms with van der Waals surface area (Å²) in [5, 5.41) is 0. The summed E-state index contributed by atoms with van der Waals surface area (Å²) in [4.78, 5) is 4.48. The summed E-state index contributed by atoms with van der Waals surface area (Å²) in [6.07, 6.45) is 3.98. The third-order valence-corrected chi connectivity index (χ3v) is 2.98. The van der Waals surface area contributed by atoms with E-state index in [-0.39, 0.29) is 0 Å². The minimum absolute atomic E-state index is 0.524. The van der Waals surface area contributed by atoms with Gasteiger partial charge in [-0.05, 0) is 30.5 Å². The lowest BCUT2D eigenvalue weighted by molar-refractivity contribution is 0.517. The minimum atomic E-state index is 0.524. The highest BCUT2D eigenvalue weighted by atomic mass is 16.3. The summed E-state index contributed by atoms with van der Waals surface area (Å²) in [5.41, 5.74) is 9.56. The van der Waals surface area contributed by atoms with Gasteiger partial charge in [-0.3, -0.25) is 0 Å². The fourth-order valence-electron chi connectivity index (χ4n) is 1.92. The Balaban J connectivity index is 2.19. The zero-order valence-corrected chi connectivity index (χ0v) is 10.9. The zero-order chi connectivity index (χ0) is 13.0. The number of aryl methyl sites for hydroxylation is 1. The van der Waals surface area contributed by atoms with Crippen LogP contribution in [-0.2, 0) is 12.8 Å². The van der Waals surface area contributed by atoms with E-state index in [9.17, 15) is 0 Å². The predicted molar refractivity (Wildman–Crippen MR) is 74.5 cm³/mol. The van der Waals surface area contributed by atoms with E-state index in [4.69, 9.17) is 10.2 Å². The fraction of sp³-hybridized carbons (Fsp3) is 0.400. The maximum absolute atomic E-state index is 5.75. The molecule has 0 atom stereocenters. The van der Waals surface area contributed by atoms with E-state index in [1.165, 1.54) is 5.56 Å². The van der Waals surface area contributed by atoms with Crippen LogP contribution < -0.4 is 5.73 Å². The third-order valence-electron chi connectivity index (χ3n) is 2.98. The van der Waals surface area contributed by atoms with Gasteiger partial charge in [0.2, 0.25) is 0 Å². The van der Waals surface area contributed by atoms with Crippen LogP contribution in [0.2, 0.25) is 0 Å². The van der Waals surface area contributed by atoms with Crippen molar-refractivity contribution in [3.05, 3.63) is 41.8 Å². The van der Waals surface area contributed by atoms with Crippen LogP contribution >= 0.6 is 0 Å². The number of oxazole rings is 1. The monoisotopic (exact) mass is 244 g/mol. The van der Waals surface area contributed by atoms with Gasteiger partial charge in [0.15, 0.2) is 11.5 Å². The van der Waals surface area contributed by atoms with E-state index in [0.29, 0.717) is 6.54 Å². The van der Waals surface area contributed by atoms with Gasteiger partial charge in [0.25, 0.3) is 0 Å². The Morgan fingerprint density at radius 3 is 3.00 bits per heavy atom. The molecule has 0 saturated heterocycles. The van der Waals surface area contributed by atoms with Crippen molar-refractivity contribution in [3.63, 3.8) is 0 Å². The lowest BCUT2D eigenvalue weighted by Gasteiger charge is -2.01. The maximum Gasteiger partial charge on any atom is 0.195 e. The SMILES string of the molecule is C=C(CN)Cc1ccc2nc(CCCC)oc2c1. The van der Waals surface area contributed by atoms with Crippen LogP contribution in [0, 0.1) is 0 Å². The molecule has 0 aliphatic rings. The van der Waals surface area contributed by atoms with Crippen molar-refractivity contribution in [1.29, 1.82) is 0 Å². The first kappa shape index (κ1) is 12.8. The smallest absolute Gasteiger partial charge is 0.195 e.